The Morgan fingerprint density at radius 3 is 2.92 bits per heavy atom. The van der Waals surface area contributed by atoms with Crippen LogP contribution in [0.5, 0.6) is 0 Å². The van der Waals surface area contributed by atoms with Crippen molar-refractivity contribution in [3.63, 3.8) is 0 Å². The highest BCUT2D eigenvalue weighted by Crippen LogP contribution is 2.32. The Hall–Kier alpha value is -0.600. The van der Waals surface area contributed by atoms with Crippen LogP contribution in [0.25, 0.3) is 5.57 Å². The molecule has 0 radical (unpaired) electrons. The van der Waals surface area contributed by atoms with Gasteiger partial charge >= 0.3 is 0 Å². The van der Waals surface area contributed by atoms with E-state index in [9.17, 15) is 0 Å². The second-order valence-electron chi connectivity index (χ2n) is 3.33. The van der Waals surface area contributed by atoms with Gasteiger partial charge in [0.05, 0.1) is 0 Å². The van der Waals surface area contributed by atoms with Crippen LogP contribution in [0.4, 0.5) is 0 Å². The molecule has 12 heavy (non-hydrogen) atoms. The Balaban J connectivity index is 2.32. The molecular formula is C10H13NS. The standard InChI is InChI=1S/C10H13NS/c1-7-4-5-12-10(7)8-2-3-9(11)6-8/h4-6,9H,2-3,11H2,1H3. The zero-order chi connectivity index (χ0) is 8.55. The van der Waals surface area contributed by atoms with Crippen molar-refractivity contribution in [2.45, 2.75) is 25.8 Å². The van der Waals surface area contributed by atoms with Gasteiger partial charge in [0.15, 0.2) is 0 Å². The molecule has 1 aromatic heterocycles. The van der Waals surface area contributed by atoms with Crippen molar-refractivity contribution in [3.05, 3.63) is 28.0 Å². The monoisotopic (exact) mass is 179 g/mol. The van der Waals surface area contributed by atoms with Crippen molar-refractivity contribution >= 4 is 16.9 Å². The van der Waals surface area contributed by atoms with E-state index in [2.05, 4.69) is 24.4 Å². The fourth-order valence-corrected chi connectivity index (χ4v) is 2.62. The number of allylic oxidation sites excluding steroid dienone is 1. The van der Waals surface area contributed by atoms with Crippen molar-refractivity contribution < 1.29 is 0 Å². The third-order valence-electron chi connectivity index (χ3n) is 2.32. The van der Waals surface area contributed by atoms with Crippen LogP contribution in [0, 0.1) is 6.92 Å². The SMILES string of the molecule is Cc1ccsc1C1=CC(N)CC1. The van der Waals surface area contributed by atoms with Crippen LogP contribution >= 0.6 is 11.3 Å². The first kappa shape index (κ1) is 8.02. The van der Waals surface area contributed by atoms with Gasteiger partial charge in [-0.2, -0.15) is 0 Å². The molecule has 0 bridgehead atoms. The number of nitrogens with two attached hydrogens (primary N) is 1. The number of aryl methyl sites for hydroxylation is 1. The van der Waals surface area contributed by atoms with Gasteiger partial charge in [-0.3, -0.25) is 0 Å². The van der Waals surface area contributed by atoms with Crippen molar-refractivity contribution in [2.75, 3.05) is 0 Å². The van der Waals surface area contributed by atoms with Gasteiger partial charge in [0.1, 0.15) is 0 Å². The van der Waals surface area contributed by atoms with Crippen LogP contribution in [0.3, 0.4) is 0 Å². The minimum atomic E-state index is 0.293. The smallest absolute Gasteiger partial charge is 0.0328 e. The van der Waals surface area contributed by atoms with Gasteiger partial charge < -0.3 is 5.73 Å². The highest BCUT2D eigenvalue weighted by molar-refractivity contribution is 7.11. The third-order valence-corrected chi connectivity index (χ3v) is 3.41. The molecule has 0 aliphatic heterocycles. The van der Waals surface area contributed by atoms with Crippen LogP contribution in [0.2, 0.25) is 0 Å². The van der Waals surface area contributed by atoms with Crippen LogP contribution in [-0.4, -0.2) is 6.04 Å². The Morgan fingerprint density at radius 1 is 1.58 bits per heavy atom. The number of hydrogen-bond acceptors (Lipinski definition) is 2. The number of rotatable bonds is 1. The van der Waals surface area contributed by atoms with Crippen LogP contribution in [0.15, 0.2) is 17.5 Å². The van der Waals surface area contributed by atoms with Crippen LogP contribution in [0.1, 0.15) is 23.3 Å². The van der Waals surface area contributed by atoms with E-state index in [0.29, 0.717) is 6.04 Å². The Morgan fingerprint density at radius 2 is 2.42 bits per heavy atom. The van der Waals surface area contributed by atoms with E-state index in [1.54, 1.807) is 0 Å². The predicted octanol–water partition coefficient (Wildman–Crippen LogP) is 2.56. The molecule has 1 heterocycles. The maximum absolute atomic E-state index is 5.81. The van der Waals surface area contributed by atoms with Gasteiger partial charge in [-0.1, -0.05) is 6.08 Å². The first-order valence-electron chi connectivity index (χ1n) is 4.28. The summed E-state index contributed by atoms with van der Waals surface area (Å²) < 4.78 is 0. The van der Waals surface area contributed by atoms with E-state index in [0.717, 1.165) is 12.8 Å². The summed E-state index contributed by atoms with van der Waals surface area (Å²) in [5.41, 5.74) is 8.65. The summed E-state index contributed by atoms with van der Waals surface area (Å²) in [6.07, 6.45) is 4.48. The normalized spacial score (nSPS) is 22.8. The molecule has 1 unspecified atom stereocenters. The van der Waals surface area contributed by atoms with E-state index in [1.807, 2.05) is 11.3 Å². The summed E-state index contributed by atoms with van der Waals surface area (Å²) in [6, 6.07) is 2.46. The molecule has 0 spiro atoms. The minimum absolute atomic E-state index is 0.293. The van der Waals surface area contributed by atoms with Crippen molar-refractivity contribution in [1.82, 2.24) is 0 Å². The molecule has 2 rings (SSSR count). The summed E-state index contributed by atoms with van der Waals surface area (Å²) in [5, 5.41) is 2.15. The van der Waals surface area contributed by atoms with Crippen molar-refractivity contribution in [1.29, 1.82) is 0 Å². The van der Waals surface area contributed by atoms with Crippen molar-refractivity contribution in [2.24, 2.45) is 5.73 Å². The number of hydrogen-bond donors (Lipinski definition) is 1. The molecule has 1 aromatic rings. The topological polar surface area (TPSA) is 26.0 Å². The highest BCUT2D eigenvalue weighted by atomic mass is 32.1. The minimum Gasteiger partial charge on any atom is -0.324 e. The summed E-state index contributed by atoms with van der Waals surface area (Å²) >= 11 is 1.82. The van der Waals surface area contributed by atoms with Gasteiger partial charge in [0.25, 0.3) is 0 Å². The summed E-state index contributed by atoms with van der Waals surface area (Å²) in [6.45, 7) is 2.16. The molecule has 0 fully saturated rings. The maximum Gasteiger partial charge on any atom is 0.0328 e. The molecule has 1 nitrogen and oxygen atoms in total. The molecule has 0 aromatic carbocycles. The lowest BCUT2D eigenvalue weighted by Crippen LogP contribution is -2.11. The molecule has 0 amide bonds. The zero-order valence-corrected chi connectivity index (χ0v) is 8.03. The molecule has 1 atom stereocenters. The largest absolute Gasteiger partial charge is 0.324 e. The number of thiophene rings is 1. The van der Waals surface area contributed by atoms with Gasteiger partial charge in [-0.25, -0.2) is 0 Å². The molecule has 0 saturated carbocycles. The lowest BCUT2D eigenvalue weighted by atomic mass is 10.1. The zero-order valence-electron chi connectivity index (χ0n) is 7.21. The summed E-state index contributed by atoms with van der Waals surface area (Å²) in [5.74, 6) is 0. The Labute approximate surface area is 76.9 Å². The lowest BCUT2D eigenvalue weighted by Gasteiger charge is -1.97. The fourth-order valence-electron chi connectivity index (χ4n) is 1.64. The third kappa shape index (κ3) is 1.32. The molecule has 0 saturated heterocycles. The second kappa shape index (κ2) is 3.04. The average molecular weight is 179 g/mol. The molecule has 1 aliphatic carbocycles. The first-order chi connectivity index (χ1) is 5.77. The van der Waals surface area contributed by atoms with Gasteiger partial charge in [-0.15, -0.1) is 11.3 Å². The predicted molar refractivity (Wildman–Crippen MR) is 54.2 cm³/mol. The van der Waals surface area contributed by atoms with Gasteiger partial charge in [-0.05, 0) is 42.3 Å². The van der Waals surface area contributed by atoms with Crippen molar-refractivity contribution in [3.8, 4) is 0 Å². The first-order valence-corrected chi connectivity index (χ1v) is 5.16. The summed E-state index contributed by atoms with van der Waals surface area (Å²) in [4.78, 5) is 1.43. The fraction of sp³-hybridized carbons (Fsp3) is 0.400. The van der Waals surface area contributed by atoms with Crippen LogP contribution < -0.4 is 5.73 Å². The molecule has 1 aliphatic rings. The van der Waals surface area contributed by atoms with Gasteiger partial charge in [0, 0.05) is 10.9 Å². The molecule has 64 valence electrons. The second-order valence-corrected chi connectivity index (χ2v) is 4.24. The molecular weight excluding hydrogens is 166 g/mol. The maximum atomic E-state index is 5.81. The lowest BCUT2D eigenvalue weighted by molar-refractivity contribution is 0.782. The molecule has 2 heteroatoms. The Kier molecular flexibility index (Phi) is 2.03. The van der Waals surface area contributed by atoms with E-state index in [1.165, 1.54) is 16.0 Å². The van der Waals surface area contributed by atoms with E-state index in [-0.39, 0.29) is 0 Å². The quantitative estimate of drug-likeness (QED) is 0.704. The van der Waals surface area contributed by atoms with E-state index >= 15 is 0 Å². The highest BCUT2D eigenvalue weighted by Gasteiger charge is 2.15. The van der Waals surface area contributed by atoms with E-state index in [4.69, 9.17) is 5.73 Å². The average Bonchev–Trinajstić information content (AvgIpc) is 2.58. The van der Waals surface area contributed by atoms with Crippen LogP contribution in [-0.2, 0) is 0 Å². The van der Waals surface area contributed by atoms with Gasteiger partial charge in [0.2, 0.25) is 0 Å². The Bertz CT molecular complexity index is 311. The van der Waals surface area contributed by atoms with E-state index < -0.39 is 0 Å². The summed E-state index contributed by atoms with van der Waals surface area (Å²) in [7, 11) is 0. The molecule has 2 N–H and O–H groups in total.